The summed E-state index contributed by atoms with van der Waals surface area (Å²) in [5, 5.41) is 6.47. The maximum Gasteiger partial charge on any atom is 0.153 e. The zero-order chi connectivity index (χ0) is 12.3. The summed E-state index contributed by atoms with van der Waals surface area (Å²) >= 11 is 5.06. The Morgan fingerprint density at radius 1 is 1.59 bits per heavy atom. The van der Waals surface area contributed by atoms with Crippen LogP contribution in [0.4, 0.5) is 0 Å². The van der Waals surface area contributed by atoms with Gasteiger partial charge in [0.1, 0.15) is 5.69 Å². The van der Waals surface area contributed by atoms with E-state index in [-0.39, 0.29) is 0 Å². The molecule has 0 aliphatic rings. The van der Waals surface area contributed by atoms with E-state index in [9.17, 15) is 4.79 Å². The maximum atomic E-state index is 11.1. The Hall–Kier alpha value is -0.940. The monoisotopic (exact) mass is 312 g/mol. The Bertz CT molecular complexity index is 518. The number of carbonyl (C=O) groups is 1. The molecule has 0 spiro atoms. The quantitative estimate of drug-likeness (QED) is 0.782. The molecule has 0 unspecified atom stereocenters. The number of thiophene rings is 1. The van der Waals surface area contributed by atoms with Crippen molar-refractivity contribution in [2.75, 3.05) is 0 Å². The van der Waals surface area contributed by atoms with Crippen LogP contribution in [-0.4, -0.2) is 16.1 Å². The van der Waals surface area contributed by atoms with Crippen molar-refractivity contribution in [2.24, 2.45) is 0 Å². The molecule has 0 N–H and O–H groups in total. The predicted octanol–water partition coefficient (Wildman–Crippen LogP) is 3.99. The summed E-state index contributed by atoms with van der Waals surface area (Å²) in [7, 11) is 0. The zero-order valence-electron chi connectivity index (χ0n) is 9.52. The molecule has 0 aliphatic heterocycles. The van der Waals surface area contributed by atoms with Crippen LogP contribution in [0.25, 0.3) is 10.6 Å². The van der Waals surface area contributed by atoms with Gasteiger partial charge in [-0.05, 0) is 33.8 Å². The molecule has 17 heavy (non-hydrogen) atoms. The van der Waals surface area contributed by atoms with E-state index in [1.807, 2.05) is 22.3 Å². The van der Waals surface area contributed by atoms with Crippen molar-refractivity contribution in [1.82, 2.24) is 9.78 Å². The van der Waals surface area contributed by atoms with Crippen LogP contribution in [0.15, 0.2) is 22.1 Å². The lowest BCUT2D eigenvalue weighted by molar-refractivity contribution is 0.112. The van der Waals surface area contributed by atoms with Crippen LogP contribution >= 0.6 is 27.3 Å². The van der Waals surface area contributed by atoms with Gasteiger partial charge in [-0.2, -0.15) is 5.10 Å². The molecule has 2 aromatic rings. The van der Waals surface area contributed by atoms with Crippen LogP contribution in [0.1, 0.15) is 30.1 Å². The molecule has 90 valence electrons. The van der Waals surface area contributed by atoms with E-state index in [0.29, 0.717) is 5.56 Å². The molecule has 2 rings (SSSR count). The van der Waals surface area contributed by atoms with E-state index in [1.54, 1.807) is 11.3 Å². The number of aldehydes is 1. The molecular weight excluding hydrogens is 300 g/mol. The second kappa shape index (κ2) is 5.60. The number of aryl methyl sites for hydroxylation is 1. The Morgan fingerprint density at radius 3 is 3.00 bits per heavy atom. The highest BCUT2D eigenvalue weighted by molar-refractivity contribution is 9.10. The normalized spacial score (nSPS) is 10.7. The van der Waals surface area contributed by atoms with E-state index >= 15 is 0 Å². The lowest BCUT2D eigenvalue weighted by atomic mass is 10.2. The molecule has 2 heterocycles. The summed E-state index contributed by atoms with van der Waals surface area (Å²) in [6.45, 7) is 3.00. The predicted molar refractivity (Wildman–Crippen MR) is 73.5 cm³/mol. The number of rotatable bonds is 5. The third-order valence-electron chi connectivity index (χ3n) is 2.49. The standard InChI is InChI=1S/C12H13BrN2OS/c1-2-3-5-15-7-9(8-16)11(14-15)12-10(13)4-6-17-12/h4,6-8H,2-3,5H2,1H3. The highest BCUT2D eigenvalue weighted by Crippen LogP contribution is 2.34. The molecule has 0 radical (unpaired) electrons. The smallest absolute Gasteiger partial charge is 0.153 e. The number of unbranched alkanes of at least 4 members (excludes halogenated alkanes) is 1. The first kappa shape index (κ1) is 12.5. The second-order valence-electron chi connectivity index (χ2n) is 3.77. The zero-order valence-corrected chi connectivity index (χ0v) is 11.9. The van der Waals surface area contributed by atoms with Crippen molar-refractivity contribution in [3.8, 4) is 10.6 Å². The topological polar surface area (TPSA) is 34.9 Å². The van der Waals surface area contributed by atoms with Crippen LogP contribution in [0, 0.1) is 0 Å². The number of hydrogen-bond acceptors (Lipinski definition) is 3. The second-order valence-corrected chi connectivity index (χ2v) is 5.54. The molecule has 5 heteroatoms. The van der Waals surface area contributed by atoms with Gasteiger partial charge in [-0.25, -0.2) is 0 Å². The SMILES string of the molecule is CCCCn1cc(C=O)c(-c2sccc2Br)n1. The third kappa shape index (κ3) is 2.66. The molecule has 0 aliphatic carbocycles. The highest BCUT2D eigenvalue weighted by Gasteiger charge is 2.14. The Kier molecular flexibility index (Phi) is 4.12. The van der Waals surface area contributed by atoms with Gasteiger partial charge in [0.2, 0.25) is 0 Å². The summed E-state index contributed by atoms with van der Waals surface area (Å²) in [6, 6.07) is 1.97. The van der Waals surface area contributed by atoms with Gasteiger partial charge in [0.25, 0.3) is 0 Å². The molecule has 0 amide bonds. The lowest BCUT2D eigenvalue weighted by Gasteiger charge is -1.98. The molecule has 0 atom stereocenters. The summed E-state index contributed by atoms with van der Waals surface area (Å²) in [5.41, 5.74) is 1.43. The number of carbonyl (C=O) groups excluding carboxylic acids is 1. The Balaban J connectivity index is 2.36. The summed E-state index contributed by atoms with van der Waals surface area (Å²) in [4.78, 5) is 12.1. The minimum Gasteiger partial charge on any atom is -0.298 e. The van der Waals surface area contributed by atoms with Gasteiger partial charge in [0.05, 0.1) is 10.4 Å². The summed E-state index contributed by atoms with van der Waals surface area (Å²) in [6.07, 6.45) is 4.89. The van der Waals surface area contributed by atoms with Crippen LogP contribution < -0.4 is 0 Å². The maximum absolute atomic E-state index is 11.1. The van der Waals surface area contributed by atoms with Gasteiger partial charge in [0.15, 0.2) is 6.29 Å². The van der Waals surface area contributed by atoms with E-state index < -0.39 is 0 Å². The van der Waals surface area contributed by atoms with Crippen molar-refractivity contribution in [1.29, 1.82) is 0 Å². The fourth-order valence-electron chi connectivity index (χ4n) is 1.60. The minimum absolute atomic E-state index is 0.657. The van der Waals surface area contributed by atoms with Gasteiger partial charge in [-0.3, -0.25) is 9.48 Å². The number of hydrogen-bond donors (Lipinski definition) is 0. The van der Waals surface area contributed by atoms with Gasteiger partial charge >= 0.3 is 0 Å². The van der Waals surface area contributed by atoms with Crippen molar-refractivity contribution >= 4 is 33.6 Å². The summed E-state index contributed by atoms with van der Waals surface area (Å²) < 4.78 is 2.85. The van der Waals surface area contributed by atoms with Crippen LogP contribution in [-0.2, 0) is 6.54 Å². The van der Waals surface area contributed by atoms with Crippen LogP contribution in [0.5, 0.6) is 0 Å². The van der Waals surface area contributed by atoms with Crippen molar-refractivity contribution in [3.63, 3.8) is 0 Å². The largest absolute Gasteiger partial charge is 0.298 e. The first-order chi connectivity index (χ1) is 8.26. The lowest BCUT2D eigenvalue weighted by Crippen LogP contribution is -1.97. The number of halogens is 1. The van der Waals surface area contributed by atoms with Crippen LogP contribution in [0.2, 0.25) is 0 Å². The van der Waals surface area contributed by atoms with Gasteiger partial charge in [0, 0.05) is 17.2 Å². The fourth-order valence-corrected chi connectivity index (χ4v) is 3.16. The van der Waals surface area contributed by atoms with E-state index in [4.69, 9.17) is 0 Å². The molecule has 3 nitrogen and oxygen atoms in total. The highest BCUT2D eigenvalue weighted by atomic mass is 79.9. The molecule has 0 saturated carbocycles. The average molecular weight is 313 g/mol. The molecule has 0 fully saturated rings. The third-order valence-corrected chi connectivity index (χ3v) is 4.33. The Labute approximate surface area is 113 Å². The molecule has 2 aromatic heterocycles. The van der Waals surface area contributed by atoms with Crippen molar-refractivity contribution in [2.45, 2.75) is 26.3 Å². The van der Waals surface area contributed by atoms with Gasteiger partial charge in [-0.1, -0.05) is 13.3 Å². The van der Waals surface area contributed by atoms with Crippen molar-refractivity contribution < 1.29 is 4.79 Å². The average Bonchev–Trinajstić information content (AvgIpc) is 2.91. The Morgan fingerprint density at radius 2 is 2.41 bits per heavy atom. The first-order valence-electron chi connectivity index (χ1n) is 5.52. The van der Waals surface area contributed by atoms with E-state index in [1.165, 1.54) is 0 Å². The fraction of sp³-hybridized carbons (Fsp3) is 0.333. The summed E-state index contributed by atoms with van der Waals surface area (Å²) in [5.74, 6) is 0. The van der Waals surface area contributed by atoms with E-state index in [0.717, 1.165) is 40.7 Å². The van der Waals surface area contributed by atoms with Crippen molar-refractivity contribution in [3.05, 3.63) is 27.7 Å². The van der Waals surface area contributed by atoms with Gasteiger partial charge < -0.3 is 0 Å². The molecule has 0 saturated heterocycles. The molecule has 0 bridgehead atoms. The number of nitrogens with zero attached hydrogens (tertiary/aromatic N) is 2. The molecular formula is C12H13BrN2OS. The van der Waals surface area contributed by atoms with Crippen LogP contribution in [0.3, 0.4) is 0 Å². The first-order valence-corrected chi connectivity index (χ1v) is 7.19. The molecule has 0 aromatic carbocycles. The minimum atomic E-state index is 0.657. The van der Waals surface area contributed by atoms with Gasteiger partial charge in [-0.15, -0.1) is 11.3 Å². The van der Waals surface area contributed by atoms with E-state index in [2.05, 4.69) is 28.0 Å². The number of aromatic nitrogens is 2.